The van der Waals surface area contributed by atoms with E-state index in [0.29, 0.717) is 0 Å². The van der Waals surface area contributed by atoms with Crippen LogP contribution in [0.25, 0.3) is 0 Å². The van der Waals surface area contributed by atoms with Gasteiger partial charge in [-0.25, -0.2) is 0 Å². The van der Waals surface area contributed by atoms with Gasteiger partial charge in [0.2, 0.25) is 0 Å². The van der Waals surface area contributed by atoms with Crippen molar-refractivity contribution in [1.29, 1.82) is 0 Å². The molecule has 4 saturated carbocycles. The van der Waals surface area contributed by atoms with Crippen LogP contribution in [0.1, 0.15) is 97.3 Å². The molecule has 0 bridgehead atoms. The van der Waals surface area contributed by atoms with Crippen LogP contribution in [0.5, 0.6) is 0 Å². The number of alkyl halides is 1. The lowest BCUT2D eigenvalue weighted by Gasteiger charge is -2.50. The molecular weight excluding hydrogens is 374 g/mol. The maximum absolute atomic E-state index is 6.25. The molecule has 0 aromatic heterocycles. The van der Waals surface area contributed by atoms with Crippen LogP contribution in [-0.2, 0) is 0 Å². The molecule has 5 rings (SSSR count). The number of halogens is 1. The number of fused-ring (bicyclic) bond motifs is 4. The van der Waals surface area contributed by atoms with Crippen LogP contribution < -0.4 is 0 Å². The van der Waals surface area contributed by atoms with E-state index in [0.717, 1.165) is 71.9 Å². The van der Waals surface area contributed by atoms with Gasteiger partial charge in [-0.1, -0.05) is 39.5 Å². The molecule has 5 aliphatic rings. The van der Waals surface area contributed by atoms with Crippen molar-refractivity contribution in [2.75, 3.05) is 12.4 Å². The third-order valence-electron chi connectivity index (χ3n) is 10.7. The average molecular weight is 420 g/mol. The van der Waals surface area contributed by atoms with Crippen molar-refractivity contribution < 1.29 is 0 Å². The second-order valence-corrected chi connectivity index (χ2v) is 12.4. The SMILES string of the molecule is CC1CC(C)C(CC2CCC3C(C2)C2CCCCC2N3CCCl)C2CCCCC12. The summed E-state index contributed by atoms with van der Waals surface area (Å²) in [5.74, 6) is 9.00. The summed E-state index contributed by atoms with van der Waals surface area (Å²) in [6.45, 7) is 6.34. The minimum Gasteiger partial charge on any atom is -0.296 e. The third kappa shape index (κ3) is 3.94. The molecule has 166 valence electrons. The molecule has 10 unspecified atom stereocenters. The Balaban J connectivity index is 1.27. The summed E-state index contributed by atoms with van der Waals surface area (Å²) < 4.78 is 0. The first-order valence-electron chi connectivity index (χ1n) is 13.5. The normalized spacial score (nSPS) is 50.6. The van der Waals surface area contributed by atoms with Gasteiger partial charge >= 0.3 is 0 Å². The molecule has 4 aliphatic carbocycles. The zero-order valence-electron chi connectivity index (χ0n) is 19.2. The summed E-state index contributed by atoms with van der Waals surface area (Å²) in [6.07, 6.45) is 19.7. The smallest absolute Gasteiger partial charge is 0.0351 e. The van der Waals surface area contributed by atoms with Crippen LogP contribution in [-0.4, -0.2) is 29.4 Å². The fraction of sp³-hybridized carbons (Fsp3) is 1.00. The Hall–Kier alpha value is 0.250. The summed E-state index contributed by atoms with van der Waals surface area (Å²) in [5, 5.41) is 0. The van der Waals surface area contributed by atoms with Gasteiger partial charge in [-0.05, 0) is 105 Å². The molecule has 1 aliphatic heterocycles. The molecule has 0 spiro atoms. The monoisotopic (exact) mass is 419 g/mol. The summed E-state index contributed by atoms with van der Waals surface area (Å²) >= 11 is 6.25. The maximum Gasteiger partial charge on any atom is 0.0351 e. The van der Waals surface area contributed by atoms with Crippen molar-refractivity contribution in [3.63, 3.8) is 0 Å². The van der Waals surface area contributed by atoms with E-state index in [9.17, 15) is 0 Å². The number of nitrogens with zero attached hydrogens (tertiary/aromatic N) is 1. The van der Waals surface area contributed by atoms with Crippen molar-refractivity contribution in [3.05, 3.63) is 0 Å². The van der Waals surface area contributed by atoms with Gasteiger partial charge < -0.3 is 0 Å². The molecule has 5 fully saturated rings. The van der Waals surface area contributed by atoms with E-state index in [2.05, 4.69) is 18.7 Å². The van der Waals surface area contributed by atoms with Gasteiger partial charge in [0.1, 0.15) is 0 Å². The standard InChI is InChI=1S/C27H46ClN/c1-18-15-19(2)24(22-8-4-3-7-21(18)22)16-20-11-12-27-25(17-20)23-9-5-6-10-26(23)29(27)14-13-28/h18-27H,3-17H2,1-2H3. The lowest BCUT2D eigenvalue weighted by Crippen LogP contribution is -2.43. The highest BCUT2D eigenvalue weighted by Gasteiger charge is 2.51. The van der Waals surface area contributed by atoms with E-state index in [-0.39, 0.29) is 0 Å². The van der Waals surface area contributed by atoms with E-state index in [1.54, 1.807) is 25.7 Å². The fourth-order valence-electron chi connectivity index (χ4n) is 9.67. The molecule has 1 nitrogen and oxygen atoms in total. The lowest BCUT2D eigenvalue weighted by molar-refractivity contribution is -0.0000733. The third-order valence-corrected chi connectivity index (χ3v) is 10.9. The Morgan fingerprint density at radius 2 is 1.38 bits per heavy atom. The molecule has 0 aromatic carbocycles. The molecule has 2 heteroatoms. The van der Waals surface area contributed by atoms with E-state index >= 15 is 0 Å². The molecule has 29 heavy (non-hydrogen) atoms. The Kier molecular flexibility index (Phi) is 6.56. The molecule has 0 aromatic rings. The molecule has 0 radical (unpaired) electrons. The minimum absolute atomic E-state index is 0.830. The Bertz CT molecular complexity index is 549. The van der Waals surface area contributed by atoms with Gasteiger partial charge in [0.05, 0.1) is 0 Å². The van der Waals surface area contributed by atoms with E-state index in [1.807, 2.05) is 0 Å². The van der Waals surface area contributed by atoms with Gasteiger partial charge in [-0.2, -0.15) is 0 Å². The number of hydrogen-bond donors (Lipinski definition) is 0. The van der Waals surface area contributed by atoms with Gasteiger partial charge in [0, 0.05) is 24.5 Å². The van der Waals surface area contributed by atoms with Gasteiger partial charge in [0.25, 0.3) is 0 Å². The topological polar surface area (TPSA) is 3.24 Å². The molecule has 1 saturated heterocycles. The molecule has 1 heterocycles. The van der Waals surface area contributed by atoms with Crippen molar-refractivity contribution in [2.45, 2.75) is 109 Å². The van der Waals surface area contributed by atoms with Crippen molar-refractivity contribution >= 4 is 11.6 Å². The second kappa shape index (κ2) is 9.01. The number of rotatable bonds is 4. The maximum atomic E-state index is 6.25. The zero-order chi connectivity index (χ0) is 20.0. The highest BCUT2D eigenvalue weighted by Crippen LogP contribution is 2.55. The first kappa shape index (κ1) is 21.1. The molecule has 10 atom stereocenters. The van der Waals surface area contributed by atoms with Crippen LogP contribution >= 0.6 is 11.6 Å². The van der Waals surface area contributed by atoms with Gasteiger partial charge in [0.15, 0.2) is 0 Å². The van der Waals surface area contributed by atoms with Crippen molar-refractivity contribution in [2.24, 2.45) is 47.3 Å². The minimum atomic E-state index is 0.830. The highest BCUT2D eigenvalue weighted by molar-refractivity contribution is 6.18. The van der Waals surface area contributed by atoms with Crippen LogP contribution in [0.4, 0.5) is 0 Å². The van der Waals surface area contributed by atoms with Crippen LogP contribution in [0.15, 0.2) is 0 Å². The van der Waals surface area contributed by atoms with Crippen LogP contribution in [0, 0.1) is 47.3 Å². The fourth-order valence-corrected chi connectivity index (χ4v) is 9.86. The quantitative estimate of drug-likeness (QED) is 0.429. The highest BCUT2D eigenvalue weighted by atomic mass is 35.5. The first-order chi connectivity index (χ1) is 14.2. The average Bonchev–Trinajstić information content (AvgIpc) is 3.05. The first-order valence-corrected chi connectivity index (χ1v) is 14.0. The Labute approximate surface area is 185 Å². The number of likely N-dealkylation sites (tertiary alicyclic amines) is 1. The lowest BCUT2D eigenvalue weighted by atomic mass is 9.56. The molecule has 0 N–H and O–H groups in total. The van der Waals surface area contributed by atoms with E-state index in [1.165, 1.54) is 57.8 Å². The van der Waals surface area contributed by atoms with E-state index in [4.69, 9.17) is 11.6 Å². The van der Waals surface area contributed by atoms with Crippen molar-refractivity contribution in [1.82, 2.24) is 4.90 Å². The second-order valence-electron chi connectivity index (χ2n) is 12.1. The Morgan fingerprint density at radius 1 is 0.690 bits per heavy atom. The summed E-state index contributed by atoms with van der Waals surface area (Å²) in [5.41, 5.74) is 0. The summed E-state index contributed by atoms with van der Waals surface area (Å²) in [6, 6.07) is 1.76. The van der Waals surface area contributed by atoms with Gasteiger partial charge in [-0.3, -0.25) is 4.90 Å². The van der Waals surface area contributed by atoms with Gasteiger partial charge in [-0.15, -0.1) is 11.6 Å². The summed E-state index contributed by atoms with van der Waals surface area (Å²) in [4.78, 5) is 2.90. The zero-order valence-corrected chi connectivity index (χ0v) is 20.0. The Morgan fingerprint density at radius 3 is 2.17 bits per heavy atom. The van der Waals surface area contributed by atoms with E-state index < -0.39 is 0 Å². The summed E-state index contributed by atoms with van der Waals surface area (Å²) in [7, 11) is 0. The largest absolute Gasteiger partial charge is 0.296 e. The predicted molar refractivity (Wildman–Crippen MR) is 124 cm³/mol. The molecular formula is C27H46ClN. The van der Waals surface area contributed by atoms with Crippen LogP contribution in [0.2, 0.25) is 0 Å². The predicted octanol–water partition coefficient (Wildman–Crippen LogP) is 7.37. The van der Waals surface area contributed by atoms with Crippen LogP contribution in [0.3, 0.4) is 0 Å². The number of hydrogen-bond acceptors (Lipinski definition) is 1. The molecule has 0 amide bonds. The van der Waals surface area contributed by atoms with Crippen molar-refractivity contribution in [3.8, 4) is 0 Å².